The molecule has 0 radical (unpaired) electrons. The van der Waals surface area contributed by atoms with Gasteiger partial charge in [0.1, 0.15) is 11.9 Å². The van der Waals surface area contributed by atoms with Crippen LogP contribution in [-0.2, 0) is 4.79 Å². The van der Waals surface area contributed by atoms with Gasteiger partial charge in [-0.3, -0.25) is 9.79 Å². The van der Waals surface area contributed by atoms with Gasteiger partial charge in [-0.1, -0.05) is 13.8 Å². The number of aliphatic hydroxyl groups is 1. The van der Waals surface area contributed by atoms with Crippen LogP contribution in [0.2, 0.25) is 0 Å². The lowest BCUT2D eigenvalue weighted by molar-refractivity contribution is -0.135. The van der Waals surface area contributed by atoms with Gasteiger partial charge in [-0.25, -0.2) is 0 Å². The lowest BCUT2D eigenvalue weighted by Gasteiger charge is -2.34. The molecule has 7 nitrogen and oxygen atoms in total. The van der Waals surface area contributed by atoms with Crippen LogP contribution in [-0.4, -0.2) is 54.1 Å². The number of nitrogens with zero attached hydrogens (tertiary/aromatic N) is 2. The minimum atomic E-state index is -0.754. The average molecular weight is 478 g/mol. The van der Waals surface area contributed by atoms with Crippen molar-refractivity contribution in [1.82, 2.24) is 15.5 Å². The summed E-state index contributed by atoms with van der Waals surface area (Å²) in [5, 5.41) is 16.7. The van der Waals surface area contributed by atoms with E-state index in [0.717, 1.165) is 32.5 Å². The Balaban J connectivity index is 0.00000338. The summed E-state index contributed by atoms with van der Waals surface area (Å²) in [6, 6.07) is 3.76. The zero-order valence-corrected chi connectivity index (χ0v) is 18.1. The zero-order chi connectivity index (χ0) is 18.2. The molecule has 1 aromatic heterocycles. The number of aliphatic hydroxyl groups excluding tert-OH is 1. The monoisotopic (exact) mass is 478 g/mol. The van der Waals surface area contributed by atoms with Crippen molar-refractivity contribution in [2.45, 2.75) is 45.8 Å². The molecular weight excluding hydrogens is 447 g/mol. The number of hydrogen-bond acceptors (Lipinski definition) is 4. The lowest BCUT2D eigenvalue weighted by Crippen LogP contribution is -2.50. The van der Waals surface area contributed by atoms with Gasteiger partial charge in [0, 0.05) is 31.6 Å². The number of hydrogen-bond donors (Lipinski definition) is 3. The lowest BCUT2D eigenvalue weighted by atomic mass is 10.0. The topological polar surface area (TPSA) is 90.1 Å². The van der Waals surface area contributed by atoms with E-state index in [9.17, 15) is 9.90 Å². The van der Waals surface area contributed by atoms with Crippen LogP contribution in [0.15, 0.2) is 27.8 Å². The molecular formula is C18H31IN4O3. The second kappa shape index (κ2) is 11.4. The maximum atomic E-state index is 12.1. The highest BCUT2D eigenvalue weighted by Crippen LogP contribution is 2.14. The Morgan fingerprint density at radius 1 is 1.42 bits per heavy atom. The number of carbonyl (C=O) groups is 1. The predicted molar refractivity (Wildman–Crippen MR) is 113 cm³/mol. The molecule has 0 saturated carbocycles. The number of furan rings is 1. The first-order valence-electron chi connectivity index (χ1n) is 9.06. The van der Waals surface area contributed by atoms with Crippen molar-refractivity contribution in [3.8, 4) is 0 Å². The van der Waals surface area contributed by atoms with Crippen molar-refractivity contribution < 1.29 is 14.3 Å². The number of carbonyl (C=O) groups excluding carboxylic acids is 1. The first-order valence-corrected chi connectivity index (χ1v) is 9.06. The normalized spacial score (nSPS) is 17.0. The minimum absolute atomic E-state index is 0. The molecule has 8 heteroatoms. The van der Waals surface area contributed by atoms with E-state index < -0.39 is 6.10 Å². The van der Waals surface area contributed by atoms with Crippen molar-refractivity contribution >= 4 is 35.8 Å². The number of nitrogens with one attached hydrogen (secondary N) is 2. The fraction of sp³-hybridized carbons (Fsp3) is 0.667. The second-order valence-electron chi connectivity index (χ2n) is 6.65. The molecule has 1 aliphatic rings. The van der Waals surface area contributed by atoms with Crippen LogP contribution >= 0.6 is 24.0 Å². The van der Waals surface area contributed by atoms with Crippen molar-refractivity contribution in [3.05, 3.63) is 24.2 Å². The quantitative estimate of drug-likeness (QED) is 0.331. The molecule has 1 unspecified atom stereocenters. The summed E-state index contributed by atoms with van der Waals surface area (Å²) in [6.07, 6.45) is 2.57. The summed E-state index contributed by atoms with van der Waals surface area (Å²) in [6.45, 7) is 8.39. The maximum Gasteiger partial charge on any atom is 0.225 e. The smallest absolute Gasteiger partial charge is 0.225 e. The van der Waals surface area contributed by atoms with Gasteiger partial charge >= 0.3 is 0 Å². The van der Waals surface area contributed by atoms with Crippen molar-refractivity contribution in [1.29, 1.82) is 0 Å². The Kier molecular flexibility index (Phi) is 10.0. The van der Waals surface area contributed by atoms with Gasteiger partial charge in [0.25, 0.3) is 0 Å². The number of piperidine rings is 1. The highest BCUT2D eigenvalue weighted by Gasteiger charge is 2.24. The summed E-state index contributed by atoms with van der Waals surface area (Å²) in [4.78, 5) is 18.4. The molecule has 148 valence electrons. The number of halogens is 1. The Hall–Kier alpha value is -1.29. The van der Waals surface area contributed by atoms with E-state index >= 15 is 0 Å². The molecule has 1 saturated heterocycles. The summed E-state index contributed by atoms with van der Waals surface area (Å²) >= 11 is 0. The fourth-order valence-corrected chi connectivity index (χ4v) is 2.87. The predicted octanol–water partition coefficient (Wildman–Crippen LogP) is 2.13. The van der Waals surface area contributed by atoms with Crippen LogP contribution in [0, 0.1) is 5.92 Å². The summed E-state index contributed by atoms with van der Waals surface area (Å²) < 4.78 is 5.19. The Morgan fingerprint density at radius 3 is 2.65 bits per heavy atom. The van der Waals surface area contributed by atoms with Crippen LogP contribution in [0.25, 0.3) is 0 Å². The minimum Gasteiger partial charge on any atom is -0.467 e. The number of amides is 1. The molecule has 1 atom stereocenters. The van der Waals surface area contributed by atoms with E-state index in [-0.39, 0.29) is 48.4 Å². The zero-order valence-electron chi connectivity index (χ0n) is 15.8. The van der Waals surface area contributed by atoms with Gasteiger partial charge < -0.3 is 25.1 Å². The van der Waals surface area contributed by atoms with E-state index in [1.165, 1.54) is 6.26 Å². The van der Waals surface area contributed by atoms with Gasteiger partial charge in [-0.15, -0.1) is 24.0 Å². The van der Waals surface area contributed by atoms with Crippen LogP contribution in [0.4, 0.5) is 0 Å². The molecule has 1 amide bonds. The number of guanidine groups is 1. The SMILES string of the molecule is CCNC(=NCC(O)c1ccco1)NC1CCN(C(=O)C(C)C)CC1.I. The Labute approximate surface area is 172 Å². The van der Waals surface area contributed by atoms with E-state index in [2.05, 4.69) is 15.6 Å². The highest BCUT2D eigenvalue weighted by atomic mass is 127. The standard InChI is InChI=1S/C18H30N4O3.HI/c1-4-19-18(20-12-15(23)16-6-5-11-25-16)21-14-7-9-22(10-8-14)17(24)13(2)3;/h5-6,11,13-15,23H,4,7-10,12H2,1-3H3,(H2,19,20,21);1H. The van der Waals surface area contributed by atoms with Gasteiger partial charge in [0.2, 0.25) is 5.91 Å². The number of rotatable bonds is 6. The molecule has 1 fully saturated rings. The summed E-state index contributed by atoms with van der Waals surface area (Å²) in [5.74, 6) is 1.47. The van der Waals surface area contributed by atoms with E-state index in [0.29, 0.717) is 11.7 Å². The van der Waals surface area contributed by atoms with Gasteiger partial charge in [-0.05, 0) is 31.9 Å². The van der Waals surface area contributed by atoms with Crippen LogP contribution in [0.5, 0.6) is 0 Å². The maximum absolute atomic E-state index is 12.1. The number of aliphatic imine (C=N–C) groups is 1. The highest BCUT2D eigenvalue weighted by molar-refractivity contribution is 14.0. The van der Waals surface area contributed by atoms with Crippen LogP contribution < -0.4 is 10.6 Å². The van der Waals surface area contributed by atoms with E-state index in [1.807, 2.05) is 25.7 Å². The Bertz CT molecular complexity index is 555. The molecule has 3 N–H and O–H groups in total. The van der Waals surface area contributed by atoms with Gasteiger partial charge in [0.05, 0.1) is 12.8 Å². The first kappa shape index (κ1) is 22.8. The summed E-state index contributed by atoms with van der Waals surface area (Å²) in [7, 11) is 0. The molecule has 2 rings (SSSR count). The molecule has 0 aliphatic carbocycles. The van der Waals surface area contributed by atoms with Gasteiger partial charge in [0.15, 0.2) is 5.96 Å². The Morgan fingerprint density at radius 2 is 2.12 bits per heavy atom. The molecule has 2 heterocycles. The van der Waals surface area contributed by atoms with Crippen molar-refractivity contribution in [2.75, 3.05) is 26.2 Å². The van der Waals surface area contributed by atoms with E-state index in [4.69, 9.17) is 4.42 Å². The number of likely N-dealkylation sites (tertiary alicyclic amines) is 1. The van der Waals surface area contributed by atoms with Crippen LogP contribution in [0.1, 0.15) is 45.5 Å². The third kappa shape index (κ3) is 6.79. The third-order valence-electron chi connectivity index (χ3n) is 4.28. The van der Waals surface area contributed by atoms with E-state index in [1.54, 1.807) is 12.1 Å². The summed E-state index contributed by atoms with van der Waals surface area (Å²) in [5.41, 5.74) is 0. The second-order valence-corrected chi connectivity index (χ2v) is 6.65. The van der Waals surface area contributed by atoms with Crippen LogP contribution in [0.3, 0.4) is 0 Å². The average Bonchev–Trinajstić information content (AvgIpc) is 3.14. The molecule has 0 spiro atoms. The molecule has 26 heavy (non-hydrogen) atoms. The van der Waals surface area contributed by atoms with Crippen molar-refractivity contribution in [2.24, 2.45) is 10.9 Å². The third-order valence-corrected chi connectivity index (χ3v) is 4.28. The fourth-order valence-electron chi connectivity index (χ4n) is 2.87. The van der Waals surface area contributed by atoms with Crippen molar-refractivity contribution in [3.63, 3.8) is 0 Å². The molecule has 0 aromatic carbocycles. The first-order chi connectivity index (χ1) is 12.0. The molecule has 1 aromatic rings. The largest absolute Gasteiger partial charge is 0.467 e. The molecule has 1 aliphatic heterocycles. The van der Waals surface area contributed by atoms with Gasteiger partial charge in [-0.2, -0.15) is 0 Å². The molecule has 0 bridgehead atoms.